The second-order valence-electron chi connectivity index (χ2n) is 7.03. The summed E-state index contributed by atoms with van der Waals surface area (Å²) in [5, 5.41) is 3.79. The highest BCUT2D eigenvalue weighted by Crippen LogP contribution is 2.38. The van der Waals surface area contributed by atoms with Crippen LogP contribution in [0.4, 0.5) is 0 Å². The molecule has 0 spiro atoms. The van der Waals surface area contributed by atoms with Crippen LogP contribution >= 0.6 is 0 Å². The first kappa shape index (κ1) is 17.6. The van der Waals surface area contributed by atoms with Crippen LogP contribution in [0.1, 0.15) is 64.1 Å². The van der Waals surface area contributed by atoms with Crippen LogP contribution in [0, 0.1) is 11.8 Å². The molecule has 1 aliphatic carbocycles. The summed E-state index contributed by atoms with van der Waals surface area (Å²) in [6.45, 7) is 5.19. The van der Waals surface area contributed by atoms with E-state index in [2.05, 4.69) is 10.1 Å². The van der Waals surface area contributed by atoms with Gasteiger partial charge >= 0.3 is 5.97 Å². The van der Waals surface area contributed by atoms with Gasteiger partial charge in [-0.2, -0.15) is 4.98 Å². The van der Waals surface area contributed by atoms with E-state index in [4.69, 9.17) is 9.26 Å². The number of amides is 2. The zero-order chi connectivity index (χ0) is 18.1. The lowest BCUT2D eigenvalue weighted by molar-refractivity contribution is -0.159. The number of fused-ring (bicyclic) bond motifs is 1. The topological polar surface area (TPSA) is 103 Å². The van der Waals surface area contributed by atoms with Gasteiger partial charge in [-0.25, -0.2) is 4.79 Å². The summed E-state index contributed by atoms with van der Waals surface area (Å²) in [6.07, 6.45) is 3.32. The molecule has 25 heavy (non-hydrogen) atoms. The van der Waals surface area contributed by atoms with E-state index in [1.165, 1.54) is 6.92 Å². The highest BCUT2D eigenvalue weighted by Gasteiger charge is 2.51. The minimum Gasteiger partial charge on any atom is -0.454 e. The van der Waals surface area contributed by atoms with Gasteiger partial charge in [0.25, 0.3) is 5.89 Å². The Morgan fingerprint density at radius 3 is 2.32 bits per heavy atom. The fourth-order valence-corrected chi connectivity index (χ4v) is 3.49. The molecule has 1 saturated carbocycles. The Hall–Kier alpha value is -2.25. The van der Waals surface area contributed by atoms with Crippen LogP contribution in [0.2, 0.25) is 0 Å². The van der Waals surface area contributed by atoms with Gasteiger partial charge in [-0.05, 0) is 19.8 Å². The number of hydrogen-bond donors (Lipinski definition) is 0. The van der Waals surface area contributed by atoms with Gasteiger partial charge in [0.2, 0.25) is 11.8 Å². The van der Waals surface area contributed by atoms with E-state index >= 15 is 0 Å². The maximum absolute atomic E-state index is 12.5. The fourth-order valence-electron chi connectivity index (χ4n) is 3.49. The summed E-state index contributed by atoms with van der Waals surface area (Å²) in [4.78, 5) is 42.5. The molecule has 2 unspecified atom stereocenters. The van der Waals surface area contributed by atoms with Crippen molar-refractivity contribution in [2.24, 2.45) is 11.8 Å². The van der Waals surface area contributed by atoms with E-state index < -0.39 is 12.0 Å². The molecular weight excluding hydrogens is 326 g/mol. The molecule has 1 saturated heterocycles. The van der Waals surface area contributed by atoms with Crippen molar-refractivity contribution in [3.63, 3.8) is 0 Å². The van der Waals surface area contributed by atoms with Crippen LogP contribution in [0.3, 0.4) is 0 Å². The minimum absolute atomic E-state index is 0.107. The predicted octanol–water partition coefficient (Wildman–Crippen LogP) is 1.80. The van der Waals surface area contributed by atoms with E-state index in [1.54, 1.807) is 0 Å². The Balaban J connectivity index is 1.61. The third-order valence-electron chi connectivity index (χ3n) is 4.94. The Morgan fingerprint density at radius 2 is 1.80 bits per heavy atom. The van der Waals surface area contributed by atoms with Gasteiger partial charge in [0.15, 0.2) is 12.4 Å². The second-order valence-corrected chi connectivity index (χ2v) is 7.03. The first-order valence-electron chi connectivity index (χ1n) is 8.76. The number of imide groups is 1. The Bertz CT molecular complexity index is 660. The molecule has 0 bridgehead atoms. The molecule has 8 heteroatoms. The lowest BCUT2D eigenvalue weighted by Gasteiger charge is -2.21. The molecule has 2 amide bonds. The largest absolute Gasteiger partial charge is 0.454 e. The van der Waals surface area contributed by atoms with Crippen molar-refractivity contribution in [2.75, 3.05) is 0 Å². The minimum atomic E-state index is -0.946. The molecule has 2 aliphatic rings. The third kappa shape index (κ3) is 3.29. The highest BCUT2D eigenvalue weighted by atomic mass is 16.6. The molecule has 3 atom stereocenters. The van der Waals surface area contributed by atoms with Crippen LogP contribution in [0.5, 0.6) is 0 Å². The zero-order valence-electron chi connectivity index (χ0n) is 14.7. The maximum Gasteiger partial charge on any atom is 0.329 e. The predicted molar refractivity (Wildman–Crippen MR) is 84.9 cm³/mol. The Labute approximate surface area is 145 Å². The molecular formula is C17H23N3O5. The number of aromatic nitrogens is 2. The smallest absolute Gasteiger partial charge is 0.329 e. The number of rotatable bonds is 5. The number of hydrogen-bond acceptors (Lipinski definition) is 7. The molecule has 2 fully saturated rings. The van der Waals surface area contributed by atoms with Crippen LogP contribution < -0.4 is 0 Å². The van der Waals surface area contributed by atoms with Crippen molar-refractivity contribution in [1.29, 1.82) is 0 Å². The number of ether oxygens (including phenoxy) is 1. The van der Waals surface area contributed by atoms with Crippen molar-refractivity contribution in [3.8, 4) is 0 Å². The van der Waals surface area contributed by atoms with E-state index in [0.29, 0.717) is 18.7 Å². The van der Waals surface area contributed by atoms with Gasteiger partial charge in [-0.1, -0.05) is 31.8 Å². The summed E-state index contributed by atoms with van der Waals surface area (Å²) in [6, 6.07) is -0.946. The average molecular weight is 349 g/mol. The maximum atomic E-state index is 12.5. The van der Waals surface area contributed by atoms with Crippen molar-refractivity contribution >= 4 is 17.8 Å². The molecule has 1 aromatic heterocycles. The van der Waals surface area contributed by atoms with Crippen LogP contribution in [0.25, 0.3) is 0 Å². The molecule has 2 heterocycles. The van der Waals surface area contributed by atoms with Crippen LogP contribution in [0.15, 0.2) is 4.52 Å². The highest BCUT2D eigenvalue weighted by molar-refractivity contribution is 6.07. The van der Waals surface area contributed by atoms with Gasteiger partial charge in [-0.3, -0.25) is 14.5 Å². The van der Waals surface area contributed by atoms with Gasteiger partial charge < -0.3 is 9.26 Å². The van der Waals surface area contributed by atoms with Gasteiger partial charge in [0.1, 0.15) is 6.04 Å². The lowest BCUT2D eigenvalue weighted by Crippen LogP contribution is -2.44. The molecule has 3 rings (SSSR count). The first-order valence-corrected chi connectivity index (χ1v) is 8.76. The first-order chi connectivity index (χ1) is 11.9. The number of nitrogens with zero attached hydrogens (tertiary/aromatic N) is 3. The number of carbonyl (C=O) groups excluding carboxylic acids is 3. The third-order valence-corrected chi connectivity index (χ3v) is 4.94. The fraction of sp³-hybridized carbons (Fsp3) is 0.706. The summed E-state index contributed by atoms with van der Waals surface area (Å²) < 4.78 is 10.2. The molecule has 136 valence electrons. The SMILES string of the molecule is CC(C)c1noc(COC(=O)[C@H](C)N2C(=O)C3CCCCC3C2=O)n1. The number of carbonyl (C=O) groups is 3. The van der Waals surface area contributed by atoms with Crippen molar-refractivity contribution in [3.05, 3.63) is 11.7 Å². The Morgan fingerprint density at radius 1 is 1.20 bits per heavy atom. The van der Waals surface area contributed by atoms with E-state index in [9.17, 15) is 14.4 Å². The van der Waals surface area contributed by atoms with E-state index in [1.807, 2.05) is 13.8 Å². The second kappa shape index (κ2) is 6.93. The lowest BCUT2D eigenvalue weighted by atomic mass is 9.81. The van der Waals surface area contributed by atoms with Crippen molar-refractivity contribution in [2.45, 2.75) is 65.0 Å². The quantitative estimate of drug-likeness (QED) is 0.590. The molecule has 8 nitrogen and oxygen atoms in total. The molecule has 1 aromatic rings. The molecule has 0 N–H and O–H groups in total. The summed E-state index contributed by atoms with van der Waals surface area (Å²) in [5.41, 5.74) is 0. The van der Waals surface area contributed by atoms with Crippen molar-refractivity contribution < 1.29 is 23.6 Å². The zero-order valence-corrected chi connectivity index (χ0v) is 14.7. The van der Waals surface area contributed by atoms with E-state index in [-0.39, 0.29) is 42.1 Å². The summed E-state index contributed by atoms with van der Waals surface area (Å²) >= 11 is 0. The van der Waals surface area contributed by atoms with Crippen molar-refractivity contribution in [1.82, 2.24) is 15.0 Å². The van der Waals surface area contributed by atoms with E-state index in [0.717, 1.165) is 17.7 Å². The van der Waals surface area contributed by atoms with Gasteiger partial charge in [0.05, 0.1) is 11.8 Å². The molecule has 1 aliphatic heterocycles. The average Bonchev–Trinajstić information content (AvgIpc) is 3.17. The monoisotopic (exact) mass is 349 g/mol. The van der Waals surface area contributed by atoms with Crippen LogP contribution in [-0.2, 0) is 25.7 Å². The molecule has 0 radical (unpaired) electrons. The normalized spacial score (nSPS) is 24.6. The summed E-state index contributed by atoms with van der Waals surface area (Å²) in [5.74, 6) is -0.870. The number of likely N-dealkylation sites (tertiary alicyclic amines) is 1. The Kier molecular flexibility index (Phi) is 4.87. The van der Waals surface area contributed by atoms with Gasteiger partial charge in [-0.15, -0.1) is 0 Å². The van der Waals surface area contributed by atoms with Crippen LogP contribution in [-0.4, -0.2) is 38.9 Å². The number of esters is 1. The summed E-state index contributed by atoms with van der Waals surface area (Å²) in [7, 11) is 0. The standard InChI is InChI=1S/C17H23N3O5/c1-9(2)14-18-13(25-19-14)8-24-17(23)10(3)20-15(21)11-6-4-5-7-12(11)16(20)22/h9-12H,4-8H2,1-3H3/t10-,11?,12?/m0/s1. The van der Waals surface area contributed by atoms with Gasteiger partial charge in [0, 0.05) is 5.92 Å². The molecule has 0 aromatic carbocycles.